The molecule has 2 aromatic carbocycles. The van der Waals surface area contributed by atoms with E-state index in [1.54, 1.807) is 35.7 Å². The van der Waals surface area contributed by atoms with Gasteiger partial charge in [-0.25, -0.2) is 9.78 Å². The predicted octanol–water partition coefficient (Wildman–Crippen LogP) is 5.45. The molecule has 1 aromatic heterocycles. The maximum absolute atomic E-state index is 12.3. The van der Waals surface area contributed by atoms with Gasteiger partial charge in [0.2, 0.25) is 5.91 Å². The van der Waals surface area contributed by atoms with E-state index in [4.69, 9.17) is 16.3 Å². The number of ether oxygens (including phenoxy) is 1. The fourth-order valence-electron chi connectivity index (χ4n) is 2.77. The minimum atomic E-state index is -0.398. The molecule has 3 aromatic rings. The zero-order chi connectivity index (χ0) is 20.3. The Morgan fingerprint density at radius 2 is 1.96 bits per heavy atom. The number of hydrogen-bond acceptors (Lipinski definition) is 5. The summed E-state index contributed by atoms with van der Waals surface area (Å²) in [5, 5.41) is 2.79. The monoisotopic (exact) mass is 414 g/mol. The smallest absolute Gasteiger partial charge is 0.338 e. The largest absolute Gasteiger partial charge is 0.456 e. The highest BCUT2D eigenvalue weighted by atomic mass is 35.5. The Labute approximate surface area is 172 Å². The van der Waals surface area contributed by atoms with E-state index in [0.717, 1.165) is 11.1 Å². The van der Waals surface area contributed by atoms with E-state index in [-0.39, 0.29) is 12.5 Å². The lowest BCUT2D eigenvalue weighted by molar-refractivity contribution is -0.115. The van der Waals surface area contributed by atoms with Crippen molar-refractivity contribution in [3.8, 4) is 0 Å². The number of amides is 1. The number of nitrogens with zero attached hydrogens (tertiary/aromatic N) is 2. The number of thiazole rings is 1. The van der Waals surface area contributed by atoms with Gasteiger partial charge in [-0.1, -0.05) is 35.4 Å². The molecular formula is C21H19ClN2O3S. The molecule has 3 rings (SSSR count). The van der Waals surface area contributed by atoms with E-state index in [1.807, 2.05) is 26.0 Å². The number of esters is 1. The minimum absolute atomic E-state index is 0.0317. The zero-order valence-electron chi connectivity index (χ0n) is 15.7. The van der Waals surface area contributed by atoms with Gasteiger partial charge in [-0.3, -0.25) is 9.69 Å². The SMILES string of the molecule is CC(=O)N(c1cccc(Cl)c1)c1nc(COC(=O)c2ccc(C)cc2C)cs1. The average molecular weight is 415 g/mol. The highest BCUT2D eigenvalue weighted by molar-refractivity contribution is 7.14. The van der Waals surface area contributed by atoms with E-state index in [1.165, 1.54) is 23.2 Å². The molecule has 1 heterocycles. The third-order valence-electron chi connectivity index (χ3n) is 4.07. The summed E-state index contributed by atoms with van der Waals surface area (Å²) >= 11 is 7.34. The van der Waals surface area contributed by atoms with Crippen LogP contribution in [0.3, 0.4) is 0 Å². The van der Waals surface area contributed by atoms with E-state index in [2.05, 4.69) is 4.98 Å². The van der Waals surface area contributed by atoms with Gasteiger partial charge >= 0.3 is 5.97 Å². The van der Waals surface area contributed by atoms with Gasteiger partial charge in [0.1, 0.15) is 6.61 Å². The standard InChI is InChI=1S/C21H19ClN2O3S/c1-13-7-8-19(14(2)9-13)20(26)27-11-17-12-28-21(23-17)24(15(3)25)18-6-4-5-16(22)10-18/h4-10,12H,11H2,1-3H3. The maximum Gasteiger partial charge on any atom is 0.338 e. The lowest BCUT2D eigenvalue weighted by atomic mass is 10.1. The molecule has 0 unspecified atom stereocenters. The quantitative estimate of drug-likeness (QED) is 0.520. The molecule has 0 aliphatic heterocycles. The first-order valence-electron chi connectivity index (χ1n) is 8.60. The maximum atomic E-state index is 12.3. The Balaban J connectivity index is 1.74. The summed E-state index contributed by atoms with van der Waals surface area (Å²) in [6.45, 7) is 5.34. The van der Waals surface area contributed by atoms with Gasteiger partial charge in [-0.05, 0) is 43.7 Å². The highest BCUT2D eigenvalue weighted by Crippen LogP contribution is 2.30. The summed E-state index contributed by atoms with van der Waals surface area (Å²) in [7, 11) is 0. The number of aromatic nitrogens is 1. The molecule has 144 valence electrons. The van der Waals surface area contributed by atoms with Crippen LogP contribution in [-0.2, 0) is 16.1 Å². The molecule has 0 aliphatic carbocycles. The average Bonchev–Trinajstić information content (AvgIpc) is 3.08. The predicted molar refractivity (Wildman–Crippen MR) is 111 cm³/mol. The lowest BCUT2D eigenvalue weighted by Crippen LogP contribution is -2.22. The van der Waals surface area contributed by atoms with Crippen LogP contribution in [0.5, 0.6) is 0 Å². The molecule has 0 saturated heterocycles. The molecule has 0 aliphatic rings. The molecule has 0 radical (unpaired) electrons. The van der Waals surface area contributed by atoms with Crippen molar-refractivity contribution in [3.63, 3.8) is 0 Å². The number of rotatable bonds is 5. The van der Waals surface area contributed by atoms with Crippen molar-refractivity contribution >= 4 is 45.6 Å². The second-order valence-corrected chi connectivity index (χ2v) is 7.62. The Kier molecular flexibility index (Phi) is 6.11. The minimum Gasteiger partial charge on any atom is -0.456 e. The van der Waals surface area contributed by atoms with Gasteiger partial charge in [0.25, 0.3) is 0 Å². The van der Waals surface area contributed by atoms with Crippen LogP contribution in [0.1, 0.15) is 34.1 Å². The van der Waals surface area contributed by atoms with Crippen molar-refractivity contribution in [3.05, 3.63) is 75.3 Å². The third-order valence-corrected chi connectivity index (χ3v) is 5.17. The van der Waals surface area contributed by atoms with Gasteiger partial charge in [-0.15, -0.1) is 11.3 Å². The van der Waals surface area contributed by atoms with Crippen molar-refractivity contribution < 1.29 is 14.3 Å². The van der Waals surface area contributed by atoms with Crippen LogP contribution in [0.2, 0.25) is 5.02 Å². The molecule has 28 heavy (non-hydrogen) atoms. The van der Waals surface area contributed by atoms with Crippen LogP contribution in [0.15, 0.2) is 47.8 Å². The van der Waals surface area contributed by atoms with Gasteiger partial charge in [0.15, 0.2) is 5.13 Å². The summed E-state index contributed by atoms with van der Waals surface area (Å²) in [5.41, 5.74) is 3.70. The summed E-state index contributed by atoms with van der Waals surface area (Å²) < 4.78 is 5.39. The molecule has 5 nitrogen and oxygen atoms in total. The summed E-state index contributed by atoms with van der Waals surface area (Å²) in [5.74, 6) is -0.583. The Hall–Kier alpha value is -2.70. The Morgan fingerprint density at radius 1 is 1.18 bits per heavy atom. The molecule has 7 heteroatoms. The Morgan fingerprint density at radius 3 is 2.64 bits per heavy atom. The number of carbonyl (C=O) groups excluding carboxylic acids is 2. The highest BCUT2D eigenvalue weighted by Gasteiger charge is 2.19. The van der Waals surface area contributed by atoms with E-state index in [0.29, 0.717) is 27.1 Å². The van der Waals surface area contributed by atoms with Gasteiger partial charge in [-0.2, -0.15) is 0 Å². The zero-order valence-corrected chi connectivity index (χ0v) is 17.3. The lowest BCUT2D eigenvalue weighted by Gasteiger charge is -2.18. The number of benzene rings is 2. The first-order valence-corrected chi connectivity index (χ1v) is 9.86. The third kappa shape index (κ3) is 4.58. The van der Waals surface area contributed by atoms with Crippen LogP contribution in [-0.4, -0.2) is 16.9 Å². The number of halogens is 1. The molecule has 0 saturated carbocycles. The van der Waals surface area contributed by atoms with Gasteiger partial charge in [0.05, 0.1) is 16.9 Å². The van der Waals surface area contributed by atoms with Gasteiger partial charge < -0.3 is 4.74 Å². The Bertz CT molecular complexity index is 1030. The summed E-state index contributed by atoms with van der Waals surface area (Å²) in [6.07, 6.45) is 0. The topological polar surface area (TPSA) is 59.5 Å². The molecule has 0 atom stereocenters. The number of anilines is 2. The van der Waals surface area contributed by atoms with Crippen molar-refractivity contribution in [2.45, 2.75) is 27.4 Å². The second-order valence-electron chi connectivity index (χ2n) is 6.35. The van der Waals surface area contributed by atoms with Gasteiger partial charge in [0, 0.05) is 17.3 Å². The molecule has 0 N–H and O–H groups in total. The molecular weight excluding hydrogens is 396 g/mol. The number of aryl methyl sites for hydroxylation is 2. The molecule has 1 amide bonds. The molecule has 0 fully saturated rings. The van der Waals surface area contributed by atoms with Crippen molar-refractivity contribution in [1.29, 1.82) is 0 Å². The fourth-order valence-corrected chi connectivity index (χ4v) is 3.82. The summed E-state index contributed by atoms with van der Waals surface area (Å²) in [4.78, 5) is 30.4. The molecule has 0 spiro atoms. The molecule has 0 bridgehead atoms. The van der Waals surface area contributed by atoms with Crippen LogP contribution in [0, 0.1) is 13.8 Å². The van der Waals surface area contributed by atoms with Crippen molar-refractivity contribution in [2.24, 2.45) is 0 Å². The van der Waals surface area contributed by atoms with Crippen LogP contribution in [0.25, 0.3) is 0 Å². The first kappa shape index (κ1) is 20.0. The normalized spacial score (nSPS) is 10.6. The summed E-state index contributed by atoms with van der Waals surface area (Å²) in [6, 6.07) is 12.6. The van der Waals surface area contributed by atoms with Crippen molar-refractivity contribution in [1.82, 2.24) is 4.98 Å². The first-order chi connectivity index (χ1) is 13.3. The number of carbonyl (C=O) groups is 2. The van der Waals surface area contributed by atoms with E-state index in [9.17, 15) is 9.59 Å². The van der Waals surface area contributed by atoms with E-state index < -0.39 is 5.97 Å². The van der Waals surface area contributed by atoms with Crippen molar-refractivity contribution in [2.75, 3.05) is 4.90 Å². The fraction of sp³-hybridized carbons (Fsp3) is 0.190. The van der Waals surface area contributed by atoms with Crippen LogP contribution in [0.4, 0.5) is 10.8 Å². The van der Waals surface area contributed by atoms with Crippen LogP contribution >= 0.6 is 22.9 Å². The number of hydrogen-bond donors (Lipinski definition) is 0. The second kappa shape index (κ2) is 8.54. The van der Waals surface area contributed by atoms with Crippen LogP contribution < -0.4 is 4.90 Å². The van der Waals surface area contributed by atoms with E-state index >= 15 is 0 Å².